The molecule has 4 nitrogen and oxygen atoms in total. The van der Waals surface area contributed by atoms with E-state index in [-0.39, 0.29) is 5.02 Å². The van der Waals surface area contributed by atoms with Gasteiger partial charge in [0.25, 0.3) is 0 Å². The van der Waals surface area contributed by atoms with Gasteiger partial charge in [-0.05, 0) is 37.1 Å². The summed E-state index contributed by atoms with van der Waals surface area (Å²) in [6.07, 6.45) is 2.47. The van der Waals surface area contributed by atoms with Crippen molar-refractivity contribution in [2.45, 2.75) is 25.4 Å². The van der Waals surface area contributed by atoms with Crippen molar-refractivity contribution in [3.8, 4) is 11.6 Å². The quantitative estimate of drug-likeness (QED) is 0.919. The molecule has 1 aliphatic rings. The van der Waals surface area contributed by atoms with Gasteiger partial charge < -0.3 is 10.1 Å². The predicted molar refractivity (Wildman–Crippen MR) is 73.4 cm³/mol. The van der Waals surface area contributed by atoms with Crippen molar-refractivity contribution in [1.82, 2.24) is 15.5 Å². The van der Waals surface area contributed by atoms with E-state index in [2.05, 4.69) is 15.5 Å². The van der Waals surface area contributed by atoms with Crippen LogP contribution in [0.4, 0.5) is 4.39 Å². The van der Waals surface area contributed by atoms with E-state index in [9.17, 15) is 4.39 Å². The van der Waals surface area contributed by atoms with Gasteiger partial charge in [0.05, 0.1) is 10.7 Å². The molecule has 1 saturated carbocycles. The molecule has 0 unspecified atom stereocenters. The Labute approximate surface area is 120 Å². The Bertz CT molecular complexity index is 602. The number of aromatic nitrogens is 2. The minimum Gasteiger partial charge on any atom is -0.436 e. The van der Waals surface area contributed by atoms with Crippen LogP contribution in [0.2, 0.25) is 5.02 Å². The van der Waals surface area contributed by atoms with Crippen LogP contribution < -0.4 is 10.1 Å². The number of benzene rings is 1. The van der Waals surface area contributed by atoms with Gasteiger partial charge in [0.1, 0.15) is 11.6 Å². The molecule has 1 aliphatic carbocycles. The Morgan fingerprint density at radius 2 is 2.10 bits per heavy atom. The van der Waals surface area contributed by atoms with E-state index in [1.807, 2.05) is 6.07 Å². The zero-order chi connectivity index (χ0) is 13.9. The monoisotopic (exact) mass is 293 g/mol. The molecule has 0 atom stereocenters. The summed E-state index contributed by atoms with van der Waals surface area (Å²) < 4.78 is 18.4. The van der Waals surface area contributed by atoms with E-state index in [0.29, 0.717) is 24.2 Å². The highest BCUT2D eigenvalue weighted by atomic mass is 35.5. The van der Waals surface area contributed by atoms with Gasteiger partial charge in [-0.1, -0.05) is 11.6 Å². The minimum atomic E-state index is -0.407. The molecule has 1 aromatic carbocycles. The van der Waals surface area contributed by atoms with E-state index in [0.717, 1.165) is 5.69 Å². The topological polar surface area (TPSA) is 47.0 Å². The third-order valence-corrected chi connectivity index (χ3v) is 3.25. The third kappa shape index (κ3) is 3.43. The smallest absolute Gasteiger partial charge is 0.238 e. The highest BCUT2D eigenvalue weighted by Gasteiger charge is 2.20. The Kier molecular flexibility index (Phi) is 3.80. The number of nitrogens with zero attached hydrogens (tertiary/aromatic N) is 2. The Hall–Kier alpha value is -1.72. The lowest BCUT2D eigenvalue weighted by molar-refractivity contribution is 0.452. The second kappa shape index (κ2) is 5.73. The summed E-state index contributed by atoms with van der Waals surface area (Å²) in [6, 6.07) is 8.12. The molecule has 1 heterocycles. The molecule has 6 heteroatoms. The van der Waals surface area contributed by atoms with E-state index in [1.165, 1.54) is 31.0 Å². The van der Waals surface area contributed by atoms with Crippen molar-refractivity contribution < 1.29 is 9.13 Å². The van der Waals surface area contributed by atoms with Crippen LogP contribution in [-0.4, -0.2) is 16.2 Å². The zero-order valence-electron chi connectivity index (χ0n) is 10.6. The molecule has 0 aliphatic heterocycles. The molecule has 0 radical (unpaired) electrons. The first-order valence-electron chi connectivity index (χ1n) is 6.39. The van der Waals surface area contributed by atoms with Gasteiger partial charge in [-0.3, -0.25) is 0 Å². The Morgan fingerprint density at radius 1 is 1.25 bits per heavy atom. The molecule has 1 fully saturated rings. The van der Waals surface area contributed by atoms with Crippen LogP contribution in [0.5, 0.6) is 11.6 Å². The highest BCUT2D eigenvalue weighted by Crippen LogP contribution is 2.28. The van der Waals surface area contributed by atoms with Gasteiger partial charge in [0, 0.05) is 18.7 Å². The Balaban J connectivity index is 1.64. The molecule has 104 valence electrons. The van der Waals surface area contributed by atoms with Crippen LogP contribution in [0.25, 0.3) is 0 Å². The standard InChI is InChI=1S/C14H13ClFN3O/c15-12-7-9(16)1-5-13(12)20-14-6-4-11(18-19-14)8-17-10-2-3-10/h1,4-7,10,17H,2-3,8H2. The highest BCUT2D eigenvalue weighted by molar-refractivity contribution is 6.32. The van der Waals surface area contributed by atoms with E-state index < -0.39 is 5.82 Å². The first-order valence-corrected chi connectivity index (χ1v) is 6.77. The number of halogens is 2. The van der Waals surface area contributed by atoms with Gasteiger partial charge in [-0.2, -0.15) is 5.10 Å². The van der Waals surface area contributed by atoms with Crippen LogP contribution in [0.15, 0.2) is 30.3 Å². The Morgan fingerprint density at radius 3 is 2.75 bits per heavy atom. The average Bonchev–Trinajstić information content (AvgIpc) is 3.25. The maximum absolute atomic E-state index is 12.9. The molecule has 0 saturated heterocycles. The van der Waals surface area contributed by atoms with Gasteiger partial charge in [-0.15, -0.1) is 5.10 Å². The van der Waals surface area contributed by atoms with Crippen molar-refractivity contribution in [2.75, 3.05) is 0 Å². The second-order valence-corrected chi connectivity index (χ2v) is 5.10. The SMILES string of the molecule is Fc1ccc(Oc2ccc(CNC3CC3)nn2)c(Cl)c1. The van der Waals surface area contributed by atoms with Gasteiger partial charge >= 0.3 is 0 Å². The van der Waals surface area contributed by atoms with Crippen molar-refractivity contribution in [3.05, 3.63) is 46.9 Å². The summed E-state index contributed by atoms with van der Waals surface area (Å²) in [6.45, 7) is 0.704. The zero-order valence-corrected chi connectivity index (χ0v) is 11.4. The number of hydrogen-bond acceptors (Lipinski definition) is 4. The van der Waals surface area contributed by atoms with E-state index in [4.69, 9.17) is 16.3 Å². The van der Waals surface area contributed by atoms with Crippen molar-refractivity contribution >= 4 is 11.6 Å². The largest absolute Gasteiger partial charge is 0.436 e. The second-order valence-electron chi connectivity index (χ2n) is 4.69. The predicted octanol–water partition coefficient (Wildman–Crippen LogP) is 3.31. The number of rotatable bonds is 5. The molecular weight excluding hydrogens is 281 g/mol. The summed E-state index contributed by atoms with van der Waals surface area (Å²) >= 11 is 5.88. The lowest BCUT2D eigenvalue weighted by Gasteiger charge is -2.07. The molecule has 0 bridgehead atoms. The molecule has 2 aromatic rings. The summed E-state index contributed by atoms with van der Waals surface area (Å²) in [4.78, 5) is 0. The summed E-state index contributed by atoms with van der Waals surface area (Å²) in [5.74, 6) is 0.273. The fourth-order valence-corrected chi connectivity index (χ4v) is 1.91. The fraction of sp³-hybridized carbons (Fsp3) is 0.286. The number of nitrogens with one attached hydrogen (secondary N) is 1. The molecule has 1 N–H and O–H groups in total. The van der Waals surface area contributed by atoms with Gasteiger partial charge in [-0.25, -0.2) is 4.39 Å². The summed E-state index contributed by atoms with van der Waals surface area (Å²) in [5, 5.41) is 11.6. The third-order valence-electron chi connectivity index (χ3n) is 2.95. The number of hydrogen-bond donors (Lipinski definition) is 1. The van der Waals surface area contributed by atoms with Crippen molar-refractivity contribution in [1.29, 1.82) is 0 Å². The van der Waals surface area contributed by atoms with Gasteiger partial charge in [0.15, 0.2) is 0 Å². The van der Waals surface area contributed by atoms with E-state index in [1.54, 1.807) is 6.07 Å². The first kappa shape index (κ1) is 13.3. The summed E-state index contributed by atoms with van der Waals surface area (Å²) in [5.41, 5.74) is 0.856. The van der Waals surface area contributed by atoms with E-state index >= 15 is 0 Å². The lowest BCUT2D eigenvalue weighted by Crippen LogP contribution is -2.16. The average molecular weight is 294 g/mol. The lowest BCUT2D eigenvalue weighted by atomic mass is 10.3. The van der Waals surface area contributed by atoms with Crippen LogP contribution in [0.1, 0.15) is 18.5 Å². The van der Waals surface area contributed by atoms with Crippen LogP contribution in [-0.2, 0) is 6.54 Å². The fourth-order valence-electron chi connectivity index (χ4n) is 1.70. The maximum atomic E-state index is 12.9. The molecule has 3 rings (SSSR count). The normalized spacial score (nSPS) is 14.3. The van der Waals surface area contributed by atoms with Crippen molar-refractivity contribution in [2.24, 2.45) is 0 Å². The minimum absolute atomic E-state index is 0.200. The molecule has 0 spiro atoms. The maximum Gasteiger partial charge on any atom is 0.238 e. The number of ether oxygens (including phenoxy) is 1. The van der Waals surface area contributed by atoms with Crippen LogP contribution >= 0.6 is 11.6 Å². The van der Waals surface area contributed by atoms with Gasteiger partial charge in [0.2, 0.25) is 5.88 Å². The van der Waals surface area contributed by atoms with Crippen LogP contribution in [0, 0.1) is 5.82 Å². The molecule has 0 amide bonds. The summed E-state index contributed by atoms with van der Waals surface area (Å²) in [7, 11) is 0. The van der Waals surface area contributed by atoms with Crippen LogP contribution in [0.3, 0.4) is 0 Å². The molecular formula is C14H13ClFN3O. The first-order chi connectivity index (χ1) is 9.70. The van der Waals surface area contributed by atoms with Crippen molar-refractivity contribution in [3.63, 3.8) is 0 Å². The molecule has 1 aromatic heterocycles. The molecule has 20 heavy (non-hydrogen) atoms.